The minimum Gasteiger partial charge on any atom is -0.426 e. The van der Waals surface area contributed by atoms with Crippen molar-refractivity contribution in [2.45, 2.75) is 32.1 Å². The third-order valence-corrected chi connectivity index (χ3v) is 5.26. The van der Waals surface area contributed by atoms with E-state index >= 15 is 0 Å². The third-order valence-electron chi connectivity index (χ3n) is 5.26. The number of esters is 1. The number of ether oxygens (including phenoxy) is 1. The zero-order valence-electron chi connectivity index (χ0n) is 13.0. The summed E-state index contributed by atoms with van der Waals surface area (Å²) in [6.07, 6.45) is 5.20. The molecule has 3 saturated heterocycles. The Bertz CT molecular complexity index is 698. The van der Waals surface area contributed by atoms with E-state index in [-0.39, 0.29) is 5.97 Å². The topological polar surface area (TPSA) is 45.3 Å². The predicted molar refractivity (Wildman–Crippen MR) is 86.1 cm³/mol. The van der Waals surface area contributed by atoms with Gasteiger partial charge in [0.15, 0.2) is 0 Å². The number of piperidine rings is 3. The number of nitrogens with zero attached hydrogens (tertiary/aromatic N) is 1. The largest absolute Gasteiger partial charge is 0.426 e. The molecule has 0 aliphatic carbocycles. The first-order valence-corrected chi connectivity index (χ1v) is 8.28. The van der Waals surface area contributed by atoms with Gasteiger partial charge in [-0.15, -0.1) is 0 Å². The number of nitrogens with one attached hydrogen (secondary N) is 1. The molecule has 3 fully saturated rings. The van der Waals surface area contributed by atoms with Crippen LogP contribution < -0.4 is 4.74 Å². The van der Waals surface area contributed by atoms with Gasteiger partial charge >= 0.3 is 5.97 Å². The summed E-state index contributed by atoms with van der Waals surface area (Å²) in [5, 5.41) is 1.27. The number of H-pyrrole nitrogens is 1. The maximum Gasteiger partial charge on any atom is 0.310 e. The molecule has 4 heterocycles. The Morgan fingerprint density at radius 1 is 1.36 bits per heavy atom. The van der Waals surface area contributed by atoms with Crippen molar-refractivity contribution < 1.29 is 9.53 Å². The summed E-state index contributed by atoms with van der Waals surface area (Å²) >= 11 is 0. The number of benzene rings is 1. The van der Waals surface area contributed by atoms with E-state index in [1.807, 2.05) is 12.1 Å². The average molecular weight is 298 g/mol. The van der Waals surface area contributed by atoms with Crippen LogP contribution in [0.3, 0.4) is 0 Å². The van der Waals surface area contributed by atoms with Crippen LogP contribution in [0.5, 0.6) is 5.75 Å². The molecule has 0 saturated carbocycles. The summed E-state index contributed by atoms with van der Waals surface area (Å²) in [6, 6.07) is 5.94. The maximum atomic E-state index is 11.4. The molecule has 22 heavy (non-hydrogen) atoms. The molecule has 4 heteroatoms. The monoisotopic (exact) mass is 298 g/mol. The van der Waals surface area contributed by atoms with E-state index in [0.29, 0.717) is 18.1 Å². The molecule has 1 unspecified atom stereocenters. The summed E-state index contributed by atoms with van der Waals surface area (Å²) < 4.78 is 5.31. The van der Waals surface area contributed by atoms with Gasteiger partial charge in [0.1, 0.15) is 5.75 Å². The second-order valence-corrected chi connectivity index (χ2v) is 6.52. The summed E-state index contributed by atoms with van der Waals surface area (Å²) in [7, 11) is 0. The van der Waals surface area contributed by atoms with E-state index in [2.05, 4.69) is 22.1 Å². The number of carbonyl (C=O) groups is 1. The molecular weight excluding hydrogens is 276 g/mol. The standard InChI is InChI=1S/C18H22N2O2/c1-2-18(21)22-13-3-4-14-15(10-19-17(14)9-13)16-11-20-7-5-12(16)6-8-20/h3-4,9-10,12,16,19H,2,5-8,11H2,1H3. The predicted octanol–water partition coefficient (Wildman–Crippen LogP) is 3.29. The van der Waals surface area contributed by atoms with Gasteiger partial charge < -0.3 is 14.6 Å². The van der Waals surface area contributed by atoms with Crippen LogP contribution in [-0.2, 0) is 4.79 Å². The second-order valence-electron chi connectivity index (χ2n) is 6.52. The number of carbonyl (C=O) groups excluding carboxylic acids is 1. The van der Waals surface area contributed by atoms with Gasteiger partial charge in [0.05, 0.1) is 0 Å². The van der Waals surface area contributed by atoms with Crippen LogP contribution in [0.25, 0.3) is 10.9 Å². The van der Waals surface area contributed by atoms with Gasteiger partial charge in [-0.3, -0.25) is 4.79 Å². The zero-order chi connectivity index (χ0) is 15.1. The molecule has 3 aliphatic rings. The van der Waals surface area contributed by atoms with Crippen LogP contribution in [0.1, 0.15) is 37.7 Å². The normalized spacial score (nSPS) is 27.2. The Morgan fingerprint density at radius 2 is 2.18 bits per heavy atom. The second kappa shape index (κ2) is 5.43. The quantitative estimate of drug-likeness (QED) is 0.698. The lowest BCUT2D eigenvalue weighted by Gasteiger charge is -2.44. The van der Waals surface area contributed by atoms with Gasteiger partial charge in [0.25, 0.3) is 0 Å². The summed E-state index contributed by atoms with van der Waals surface area (Å²) in [5.41, 5.74) is 2.49. The van der Waals surface area contributed by atoms with Gasteiger partial charge in [0, 0.05) is 42.0 Å². The number of hydrogen-bond donors (Lipinski definition) is 1. The van der Waals surface area contributed by atoms with Crippen molar-refractivity contribution in [2.24, 2.45) is 5.92 Å². The van der Waals surface area contributed by atoms with Gasteiger partial charge in [-0.25, -0.2) is 0 Å². The molecule has 1 atom stereocenters. The number of rotatable bonds is 3. The Hall–Kier alpha value is -1.81. The first-order chi connectivity index (χ1) is 10.7. The molecule has 5 rings (SSSR count). The fourth-order valence-electron chi connectivity index (χ4n) is 4.02. The van der Waals surface area contributed by atoms with Crippen molar-refractivity contribution >= 4 is 16.9 Å². The molecule has 1 aromatic heterocycles. The fourth-order valence-corrected chi connectivity index (χ4v) is 4.02. The zero-order valence-corrected chi connectivity index (χ0v) is 13.0. The number of hydrogen-bond acceptors (Lipinski definition) is 3. The smallest absolute Gasteiger partial charge is 0.310 e. The summed E-state index contributed by atoms with van der Waals surface area (Å²) in [6.45, 7) is 5.52. The first kappa shape index (κ1) is 13.8. The van der Waals surface area contributed by atoms with Crippen molar-refractivity contribution in [3.05, 3.63) is 30.0 Å². The highest BCUT2D eigenvalue weighted by molar-refractivity contribution is 5.86. The van der Waals surface area contributed by atoms with E-state index in [0.717, 1.165) is 11.4 Å². The molecule has 0 radical (unpaired) electrons. The van der Waals surface area contributed by atoms with E-state index in [1.54, 1.807) is 6.92 Å². The minimum absolute atomic E-state index is 0.191. The van der Waals surface area contributed by atoms with Crippen LogP contribution in [0.4, 0.5) is 0 Å². The Kier molecular flexibility index (Phi) is 3.41. The molecule has 4 nitrogen and oxygen atoms in total. The lowest BCUT2D eigenvalue weighted by Crippen LogP contribution is -2.46. The highest BCUT2D eigenvalue weighted by atomic mass is 16.5. The molecule has 116 valence electrons. The molecule has 2 aromatic rings. The van der Waals surface area contributed by atoms with E-state index in [9.17, 15) is 4.79 Å². The molecule has 2 bridgehead atoms. The Morgan fingerprint density at radius 3 is 2.86 bits per heavy atom. The third kappa shape index (κ3) is 2.31. The molecular formula is C18H22N2O2. The Balaban J connectivity index is 1.64. The van der Waals surface area contributed by atoms with E-state index in [1.165, 1.54) is 43.4 Å². The fraction of sp³-hybridized carbons (Fsp3) is 0.500. The summed E-state index contributed by atoms with van der Waals surface area (Å²) in [5.74, 6) is 1.90. The van der Waals surface area contributed by atoms with Gasteiger partial charge in [-0.2, -0.15) is 0 Å². The van der Waals surface area contributed by atoms with Crippen LogP contribution >= 0.6 is 0 Å². The molecule has 1 aromatic carbocycles. The molecule has 3 aliphatic heterocycles. The van der Waals surface area contributed by atoms with Crippen LogP contribution in [-0.4, -0.2) is 35.5 Å². The van der Waals surface area contributed by atoms with E-state index < -0.39 is 0 Å². The molecule has 0 spiro atoms. The van der Waals surface area contributed by atoms with Crippen molar-refractivity contribution in [3.63, 3.8) is 0 Å². The first-order valence-electron chi connectivity index (χ1n) is 8.28. The number of fused-ring (bicyclic) bond motifs is 4. The maximum absolute atomic E-state index is 11.4. The highest BCUT2D eigenvalue weighted by Crippen LogP contribution is 2.41. The van der Waals surface area contributed by atoms with Crippen molar-refractivity contribution in [1.29, 1.82) is 0 Å². The summed E-state index contributed by atoms with van der Waals surface area (Å²) in [4.78, 5) is 17.4. The van der Waals surface area contributed by atoms with Crippen LogP contribution in [0.15, 0.2) is 24.4 Å². The van der Waals surface area contributed by atoms with Crippen molar-refractivity contribution in [2.75, 3.05) is 19.6 Å². The van der Waals surface area contributed by atoms with Crippen LogP contribution in [0.2, 0.25) is 0 Å². The number of aromatic amines is 1. The average Bonchev–Trinajstić information content (AvgIpc) is 2.98. The van der Waals surface area contributed by atoms with Gasteiger partial charge in [-0.1, -0.05) is 6.92 Å². The van der Waals surface area contributed by atoms with E-state index in [4.69, 9.17) is 4.74 Å². The molecule has 1 N–H and O–H groups in total. The molecule has 0 amide bonds. The van der Waals surface area contributed by atoms with Crippen LogP contribution in [0, 0.1) is 5.92 Å². The van der Waals surface area contributed by atoms with Gasteiger partial charge in [-0.05, 0) is 49.5 Å². The number of aromatic nitrogens is 1. The Labute approximate surface area is 130 Å². The lowest BCUT2D eigenvalue weighted by molar-refractivity contribution is -0.134. The van der Waals surface area contributed by atoms with Gasteiger partial charge in [0.2, 0.25) is 0 Å². The minimum atomic E-state index is -0.191. The SMILES string of the molecule is CCC(=O)Oc1ccc2c(C3CN4CCC3CC4)c[nH]c2c1. The lowest BCUT2D eigenvalue weighted by atomic mass is 9.75. The van der Waals surface area contributed by atoms with Crippen molar-refractivity contribution in [3.8, 4) is 5.75 Å². The highest BCUT2D eigenvalue weighted by Gasteiger charge is 2.35. The van der Waals surface area contributed by atoms with Crippen molar-refractivity contribution in [1.82, 2.24) is 9.88 Å².